The van der Waals surface area contributed by atoms with Gasteiger partial charge in [0.25, 0.3) is 0 Å². The maximum Gasteiger partial charge on any atom is 0.132 e. The molecule has 4 nitrogen and oxygen atoms in total. The molecule has 5 heteroatoms. The predicted molar refractivity (Wildman–Crippen MR) is 85.8 cm³/mol. The summed E-state index contributed by atoms with van der Waals surface area (Å²) in [6, 6.07) is 7.25. The molecule has 0 saturated carbocycles. The summed E-state index contributed by atoms with van der Waals surface area (Å²) < 4.78 is 0. The molecule has 0 fully saturated rings. The van der Waals surface area contributed by atoms with Crippen LogP contribution in [0.15, 0.2) is 24.3 Å². The average Bonchev–Trinajstić information content (AvgIpc) is 2.41. The van der Waals surface area contributed by atoms with Gasteiger partial charge in [0, 0.05) is 22.8 Å². The summed E-state index contributed by atoms with van der Waals surface area (Å²) in [4.78, 5) is 8.71. The van der Waals surface area contributed by atoms with E-state index in [1.54, 1.807) is 19.1 Å². The Morgan fingerprint density at radius 1 is 1.24 bits per heavy atom. The number of rotatable bonds is 4. The van der Waals surface area contributed by atoms with Gasteiger partial charge in [-0.2, -0.15) is 0 Å². The Labute approximate surface area is 130 Å². The number of halogens is 1. The lowest BCUT2D eigenvalue weighted by molar-refractivity contribution is 0.0714. The normalized spacial score (nSPS) is 13.8. The molecule has 0 radical (unpaired) electrons. The summed E-state index contributed by atoms with van der Waals surface area (Å²) >= 11 is 5.98. The first kappa shape index (κ1) is 15.7. The van der Waals surface area contributed by atoms with Crippen LogP contribution < -0.4 is 5.32 Å². The van der Waals surface area contributed by atoms with Crippen LogP contribution in [0.5, 0.6) is 0 Å². The molecule has 1 unspecified atom stereocenters. The van der Waals surface area contributed by atoms with Crippen LogP contribution in [0.2, 0.25) is 5.02 Å². The Hall–Kier alpha value is -1.65. The lowest BCUT2D eigenvalue weighted by atomic mass is 9.96. The van der Waals surface area contributed by atoms with Crippen molar-refractivity contribution in [2.75, 3.05) is 11.9 Å². The van der Waals surface area contributed by atoms with Crippen molar-refractivity contribution in [1.82, 2.24) is 9.97 Å². The topological polar surface area (TPSA) is 58.0 Å². The Morgan fingerprint density at radius 3 is 2.62 bits per heavy atom. The van der Waals surface area contributed by atoms with Crippen LogP contribution >= 0.6 is 11.6 Å². The monoisotopic (exact) mass is 305 g/mol. The maximum atomic E-state index is 10.6. The van der Waals surface area contributed by atoms with Crippen LogP contribution in [-0.4, -0.2) is 21.6 Å². The number of hydrogen-bond acceptors (Lipinski definition) is 4. The first-order valence-corrected chi connectivity index (χ1v) is 7.21. The van der Waals surface area contributed by atoms with Gasteiger partial charge in [-0.1, -0.05) is 23.7 Å². The van der Waals surface area contributed by atoms with Crippen LogP contribution in [0.4, 0.5) is 5.82 Å². The van der Waals surface area contributed by atoms with E-state index in [1.807, 2.05) is 32.9 Å². The quantitative estimate of drug-likeness (QED) is 0.909. The van der Waals surface area contributed by atoms with Gasteiger partial charge in [0.1, 0.15) is 17.2 Å². The first-order chi connectivity index (χ1) is 9.79. The average molecular weight is 306 g/mol. The molecule has 21 heavy (non-hydrogen) atoms. The zero-order valence-electron chi connectivity index (χ0n) is 12.7. The Balaban J connectivity index is 2.19. The number of anilines is 1. The first-order valence-electron chi connectivity index (χ1n) is 6.84. The second-order valence-electron chi connectivity index (χ2n) is 5.47. The van der Waals surface area contributed by atoms with Gasteiger partial charge < -0.3 is 10.4 Å². The highest BCUT2D eigenvalue weighted by Gasteiger charge is 2.23. The molecule has 112 valence electrons. The Kier molecular flexibility index (Phi) is 4.49. The number of aliphatic hydroxyl groups is 1. The number of nitrogens with zero attached hydrogens (tertiary/aromatic N) is 2. The standard InChI is InChI=1S/C16H20ClN3O/c1-10-11(2)19-12(3)20-15(10)18-9-16(4,21)13-6-5-7-14(17)8-13/h5-8,21H,9H2,1-4H3,(H,18,19,20). The molecule has 2 aromatic rings. The lowest BCUT2D eigenvalue weighted by Crippen LogP contribution is -2.31. The van der Waals surface area contributed by atoms with Crippen molar-refractivity contribution < 1.29 is 5.11 Å². The molecule has 0 bridgehead atoms. The molecule has 2 rings (SSSR count). The molecular weight excluding hydrogens is 286 g/mol. The van der Waals surface area contributed by atoms with Gasteiger partial charge >= 0.3 is 0 Å². The zero-order valence-corrected chi connectivity index (χ0v) is 13.5. The fourth-order valence-corrected chi connectivity index (χ4v) is 2.31. The molecule has 0 aliphatic carbocycles. The van der Waals surface area contributed by atoms with E-state index in [0.29, 0.717) is 17.4 Å². The molecule has 2 N–H and O–H groups in total. The third kappa shape index (κ3) is 3.71. The van der Waals surface area contributed by atoms with E-state index in [-0.39, 0.29) is 0 Å². The maximum absolute atomic E-state index is 10.6. The van der Waals surface area contributed by atoms with Crippen molar-refractivity contribution in [2.24, 2.45) is 0 Å². The molecule has 1 atom stereocenters. The largest absolute Gasteiger partial charge is 0.384 e. The van der Waals surface area contributed by atoms with Crippen LogP contribution in [-0.2, 0) is 5.60 Å². The van der Waals surface area contributed by atoms with E-state index in [1.165, 1.54) is 0 Å². The molecule has 0 aliphatic heterocycles. The van der Waals surface area contributed by atoms with Gasteiger partial charge in [0.05, 0.1) is 0 Å². The third-order valence-corrected chi connectivity index (χ3v) is 3.78. The van der Waals surface area contributed by atoms with E-state index in [0.717, 1.165) is 22.6 Å². The van der Waals surface area contributed by atoms with E-state index < -0.39 is 5.60 Å². The Morgan fingerprint density at radius 2 is 1.95 bits per heavy atom. The predicted octanol–water partition coefficient (Wildman–Crippen LogP) is 3.37. The van der Waals surface area contributed by atoms with E-state index in [2.05, 4.69) is 15.3 Å². The summed E-state index contributed by atoms with van der Waals surface area (Å²) in [6.45, 7) is 7.86. The summed E-state index contributed by atoms with van der Waals surface area (Å²) in [5.41, 5.74) is 1.65. The smallest absolute Gasteiger partial charge is 0.132 e. The second kappa shape index (κ2) is 6.00. The van der Waals surface area contributed by atoms with Gasteiger partial charge in [0.2, 0.25) is 0 Å². The fraction of sp³-hybridized carbons (Fsp3) is 0.375. The third-order valence-electron chi connectivity index (χ3n) is 3.55. The van der Waals surface area contributed by atoms with Crippen molar-refractivity contribution in [2.45, 2.75) is 33.3 Å². The fourth-order valence-electron chi connectivity index (χ4n) is 2.12. The minimum absolute atomic E-state index is 0.337. The molecule has 0 amide bonds. The zero-order chi connectivity index (χ0) is 15.6. The number of aryl methyl sites for hydroxylation is 2. The molecule has 1 aromatic carbocycles. The highest BCUT2D eigenvalue weighted by atomic mass is 35.5. The molecular formula is C16H20ClN3O. The van der Waals surface area contributed by atoms with E-state index >= 15 is 0 Å². The van der Waals surface area contributed by atoms with Crippen molar-refractivity contribution in [3.05, 3.63) is 51.9 Å². The molecule has 1 aromatic heterocycles. The number of nitrogens with one attached hydrogen (secondary N) is 1. The van der Waals surface area contributed by atoms with Crippen molar-refractivity contribution in [3.8, 4) is 0 Å². The highest BCUT2D eigenvalue weighted by Crippen LogP contribution is 2.24. The van der Waals surface area contributed by atoms with Crippen LogP contribution in [0, 0.1) is 20.8 Å². The van der Waals surface area contributed by atoms with Gasteiger partial charge in [0.15, 0.2) is 0 Å². The summed E-state index contributed by atoms with van der Waals surface area (Å²) in [5, 5.41) is 14.5. The van der Waals surface area contributed by atoms with Gasteiger partial charge in [-0.25, -0.2) is 9.97 Å². The summed E-state index contributed by atoms with van der Waals surface area (Å²) in [6.07, 6.45) is 0. The van der Waals surface area contributed by atoms with E-state index in [4.69, 9.17) is 11.6 Å². The molecule has 0 saturated heterocycles. The summed E-state index contributed by atoms with van der Waals surface area (Å²) in [7, 11) is 0. The minimum atomic E-state index is -1.04. The number of aromatic nitrogens is 2. The van der Waals surface area contributed by atoms with Crippen molar-refractivity contribution in [3.63, 3.8) is 0 Å². The van der Waals surface area contributed by atoms with Crippen LogP contribution in [0.3, 0.4) is 0 Å². The SMILES string of the molecule is Cc1nc(C)c(C)c(NCC(C)(O)c2cccc(Cl)c2)n1. The van der Waals surface area contributed by atoms with Gasteiger partial charge in [-0.3, -0.25) is 0 Å². The van der Waals surface area contributed by atoms with Crippen molar-refractivity contribution in [1.29, 1.82) is 0 Å². The molecule has 0 spiro atoms. The van der Waals surface area contributed by atoms with Crippen molar-refractivity contribution >= 4 is 17.4 Å². The second-order valence-corrected chi connectivity index (χ2v) is 5.90. The van der Waals surface area contributed by atoms with Gasteiger partial charge in [-0.05, 0) is 45.4 Å². The molecule has 1 heterocycles. The van der Waals surface area contributed by atoms with E-state index in [9.17, 15) is 5.11 Å². The molecule has 0 aliphatic rings. The Bertz CT molecular complexity index is 656. The number of benzene rings is 1. The highest BCUT2D eigenvalue weighted by molar-refractivity contribution is 6.30. The number of hydrogen-bond donors (Lipinski definition) is 2. The minimum Gasteiger partial charge on any atom is -0.384 e. The van der Waals surface area contributed by atoms with Gasteiger partial charge in [-0.15, -0.1) is 0 Å². The lowest BCUT2D eigenvalue weighted by Gasteiger charge is -2.25. The summed E-state index contributed by atoms with van der Waals surface area (Å²) in [5.74, 6) is 1.46. The van der Waals surface area contributed by atoms with Crippen LogP contribution in [0.1, 0.15) is 29.6 Å². The van der Waals surface area contributed by atoms with Crippen LogP contribution in [0.25, 0.3) is 0 Å².